The molecule has 0 bridgehead atoms. The van der Waals surface area contributed by atoms with Gasteiger partial charge in [-0.25, -0.2) is 23.8 Å². The van der Waals surface area contributed by atoms with Crippen LogP contribution in [-0.4, -0.2) is 98.9 Å². The molecule has 2 aliphatic heterocycles. The van der Waals surface area contributed by atoms with Gasteiger partial charge in [-0.2, -0.15) is 0 Å². The standard InChI is InChI=1S/C25H27FN8O5.CH2O2/c1-32(16-8-15-9-18(11-20(26)19(15)10-16)37-7-6-33-5-3-28-31-33)4-2-17-13-34(25(36)39-17)21-12-27-24-23(29-21)30-22(35)14-38-24;2-1-3/h3,5,9,11-12,16-17H,2,4,6-8,10,13-14H2,1H3,(H,29,30,35);1H,(H,2,3). The number of carbonyl (C=O) groups is 3. The number of benzene rings is 1. The van der Waals surface area contributed by atoms with Crippen molar-refractivity contribution in [1.82, 2.24) is 29.9 Å². The highest BCUT2D eigenvalue weighted by Crippen LogP contribution is 2.32. The second-order valence-electron chi connectivity index (χ2n) is 9.83. The van der Waals surface area contributed by atoms with Gasteiger partial charge in [-0.15, -0.1) is 5.10 Å². The Labute approximate surface area is 239 Å². The molecule has 2 N–H and O–H groups in total. The molecule has 0 spiro atoms. The van der Waals surface area contributed by atoms with Crippen molar-refractivity contribution in [2.24, 2.45) is 0 Å². The molecule has 1 aliphatic carbocycles. The van der Waals surface area contributed by atoms with Crippen LogP contribution in [0.5, 0.6) is 11.6 Å². The van der Waals surface area contributed by atoms with E-state index in [2.05, 4.69) is 30.5 Å². The van der Waals surface area contributed by atoms with E-state index in [1.54, 1.807) is 17.1 Å². The van der Waals surface area contributed by atoms with Crippen molar-refractivity contribution in [3.8, 4) is 11.6 Å². The Kier molecular flexibility index (Phi) is 8.71. The van der Waals surface area contributed by atoms with Gasteiger partial charge in [0.25, 0.3) is 18.3 Å². The Balaban J connectivity index is 0.00000113. The lowest BCUT2D eigenvalue weighted by molar-refractivity contribution is -0.123. The summed E-state index contributed by atoms with van der Waals surface area (Å²) in [7, 11) is 2.00. The third kappa shape index (κ3) is 6.54. The summed E-state index contributed by atoms with van der Waals surface area (Å²) < 4.78 is 33.1. The van der Waals surface area contributed by atoms with Crippen molar-refractivity contribution < 1.29 is 38.1 Å². The normalized spacial score (nSPS) is 18.8. The fraction of sp³-hybridized carbons (Fsp3) is 0.423. The number of anilines is 2. The van der Waals surface area contributed by atoms with E-state index in [0.29, 0.717) is 51.3 Å². The second-order valence-corrected chi connectivity index (χ2v) is 9.83. The Bertz CT molecular complexity index is 1440. The number of fused-ring (bicyclic) bond motifs is 2. The molecule has 16 heteroatoms. The van der Waals surface area contributed by atoms with E-state index in [1.165, 1.54) is 17.2 Å². The number of rotatable bonds is 9. The average Bonchev–Trinajstić information content (AvgIpc) is 3.72. The summed E-state index contributed by atoms with van der Waals surface area (Å²) in [6.07, 6.45) is 5.81. The van der Waals surface area contributed by atoms with Crippen LogP contribution in [0, 0.1) is 5.82 Å². The van der Waals surface area contributed by atoms with Gasteiger partial charge in [0.2, 0.25) is 0 Å². The summed E-state index contributed by atoms with van der Waals surface area (Å²) in [5, 5.41) is 17.1. The van der Waals surface area contributed by atoms with Gasteiger partial charge in [-0.05, 0) is 43.5 Å². The molecule has 4 heterocycles. The van der Waals surface area contributed by atoms with Crippen LogP contribution in [0.3, 0.4) is 0 Å². The first-order valence-electron chi connectivity index (χ1n) is 13.2. The predicted octanol–water partition coefficient (Wildman–Crippen LogP) is 1.13. The number of amides is 2. The number of halogens is 1. The first-order valence-corrected chi connectivity index (χ1v) is 13.2. The molecular weight excluding hydrogens is 555 g/mol. The molecule has 3 aliphatic rings. The molecule has 3 aromatic rings. The number of hydrogen-bond donors (Lipinski definition) is 2. The van der Waals surface area contributed by atoms with Crippen LogP contribution in [-0.2, 0) is 33.7 Å². The Morgan fingerprint density at radius 2 is 2.14 bits per heavy atom. The lowest BCUT2D eigenvalue weighted by atomic mass is 10.1. The zero-order valence-electron chi connectivity index (χ0n) is 22.7. The molecule has 2 aromatic heterocycles. The molecule has 2 amide bonds. The minimum Gasteiger partial charge on any atom is -0.492 e. The smallest absolute Gasteiger partial charge is 0.415 e. The van der Waals surface area contributed by atoms with Crippen molar-refractivity contribution in [2.75, 3.05) is 43.6 Å². The van der Waals surface area contributed by atoms with Crippen molar-refractivity contribution in [3.63, 3.8) is 0 Å². The molecule has 0 radical (unpaired) electrons. The first-order chi connectivity index (χ1) is 20.3. The highest BCUT2D eigenvalue weighted by atomic mass is 19.1. The van der Waals surface area contributed by atoms with Crippen molar-refractivity contribution in [2.45, 2.75) is 38.0 Å². The van der Waals surface area contributed by atoms with Crippen LogP contribution in [0.15, 0.2) is 30.7 Å². The molecular formula is C26H29FN8O7. The van der Waals surface area contributed by atoms with Crippen LogP contribution in [0.4, 0.5) is 20.8 Å². The summed E-state index contributed by atoms with van der Waals surface area (Å²) in [6, 6.07) is 3.48. The molecule has 222 valence electrons. The average molecular weight is 585 g/mol. The van der Waals surface area contributed by atoms with Crippen LogP contribution in [0.2, 0.25) is 0 Å². The van der Waals surface area contributed by atoms with Gasteiger partial charge in [-0.1, -0.05) is 5.21 Å². The Morgan fingerprint density at radius 1 is 1.31 bits per heavy atom. The molecule has 0 saturated carbocycles. The van der Waals surface area contributed by atoms with E-state index in [-0.39, 0.29) is 54.5 Å². The van der Waals surface area contributed by atoms with Gasteiger partial charge in [0.05, 0.1) is 25.5 Å². The number of carbonyl (C=O) groups excluding carboxylic acids is 2. The lowest BCUT2D eigenvalue weighted by Crippen LogP contribution is -2.35. The van der Waals surface area contributed by atoms with Gasteiger partial charge in [-0.3, -0.25) is 14.5 Å². The van der Waals surface area contributed by atoms with Crippen molar-refractivity contribution in [3.05, 3.63) is 47.7 Å². The Hall–Kier alpha value is -4.86. The highest BCUT2D eigenvalue weighted by Gasteiger charge is 2.35. The number of cyclic esters (lactones) is 1. The van der Waals surface area contributed by atoms with Crippen LogP contribution < -0.4 is 19.7 Å². The highest BCUT2D eigenvalue weighted by molar-refractivity contribution is 5.94. The van der Waals surface area contributed by atoms with Crippen molar-refractivity contribution in [1.29, 1.82) is 0 Å². The van der Waals surface area contributed by atoms with Gasteiger partial charge in [0.1, 0.15) is 24.3 Å². The quantitative estimate of drug-likeness (QED) is 0.344. The third-order valence-corrected chi connectivity index (χ3v) is 7.12. The molecule has 15 nitrogen and oxygen atoms in total. The van der Waals surface area contributed by atoms with Crippen LogP contribution in [0.25, 0.3) is 0 Å². The van der Waals surface area contributed by atoms with E-state index < -0.39 is 6.09 Å². The molecule has 1 saturated heterocycles. The number of nitrogens with zero attached hydrogens (tertiary/aromatic N) is 7. The van der Waals surface area contributed by atoms with Gasteiger partial charge < -0.3 is 29.5 Å². The zero-order valence-corrected chi connectivity index (χ0v) is 22.7. The van der Waals surface area contributed by atoms with E-state index in [0.717, 1.165) is 11.1 Å². The van der Waals surface area contributed by atoms with Gasteiger partial charge >= 0.3 is 6.09 Å². The number of aromatic nitrogens is 5. The molecule has 2 unspecified atom stereocenters. The molecule has 6 rings (SSSR count). The molecule has 2 atom stereocenters. The van der Waals surface area contributed by atoms with E-state index in [4.69, 9.17) is 24.1 Å². The maximum absolute atomic E-state index is 14.9. The minimum atomic E-state index is -0.522. The fourth-order valence-corrected chi connectivity index (χ4v) is 5.02. The number of nitrogens with one attached hydrogen (secondary N) is 1. The maximum atomic E-state index is 14.9. The Morgan fingerprint density at radius 3 is 2.93 bits per heavy atom. The van der Waals surface area contributed by atoms with Gasteiger partial charge in [0.15, 0.2) is 18.2 Å². The van der Waals surface area contributed by atoms with Crippen LogP contribution >= 0.6 is 0 Å². The van der Waals surface area contributed by atoms with Gasteiger partial charge in [0, 0.05) is 24.8 Å². The monoisotopic (exact) mass is 584 g/mol. The second kappa shape index (κ2) is 12.8. The number of hydrogen-bond acceptors (Lipinski definition) is 11. The number of carboxylic acid groups (broad SMARTS) is 1. The zero-order chi connectivity index (χ0) is 29.6. The first kappa shape index (κ1) is 28.7. The summed E-state index contributed by atoms with van der Waals surface area (Å²) in [4.78, 5) is 44.5. The SMILES string of the molecule is CN(CCC1CN(c2cnc3c(n2)NC(=O)CO3)C(=O)O1)C1Cc2cc(OCCn3ccnn3)cc(F)c2C1.O=CO. The van der Waals surface area contributed by atoms with E-state index in [9.17, 15) is 14.0 Å². The molecule has 42 heavy (non-hydrogen) atoms. The fourth-order valence-electron chi connectivity index (χ4n) is 5.02. The van der Waals surface area contributed by atoms with E-state index in [1.807, 2.05) is 13.1 Å². The summed E-state index contributed by atoms with van der Waals surface area (Å²) in [5.74, 6) is 0.581. The topological polar surface area (TPSA) is 174 Å². The number of likely N-dealkylation sites (N-methyl/N-ethyl adjacent to an activating group) is 1. The van der Waals surface area contributed by atoms with Crippen molar-refractivity contribution >= 4 is 30.1 Å². The summed E-state index contributed by atoms with van der Waals surface area (Å²) >= 11 is 0. The third-order valence-electron chi connectivity index (χ3n) is 7.12. The van der Waals surface area contributed by atoms with Crippen LogP contribution in [0.1, 0.15) is 17.5 Å². The maximum Gasteiger partial charge on any atom is 0.415 e. The van der Waals surface area contributed by atoms with E-state index >= 15 is 0 Å². The molecule has 1 fully saturated rings. The summed E-state index contributed by atoms with van der Waals surface area (Å²) in [5.41, 5.74) is 1.67. The largest absolute Gasteiger partial charge is 0.492 e. The summed E-state index contributed by atoms with van der Waals surface area (Å²) in [6.45, 7) is 1.48. The molecule has 1 aromatic carbocycles. The predicted molar refractivity (Wildman–Crippen MR) is 143 cm³/mol. The lowest BCUT2D eigenvalue weighted by Gasteiger charge is -2.25. The minimum absolute atomic E-state index is 0.124. The number of ether oxygens (including phenoxy) is 3.